The number of nitrogens with two attached hydrogens (primary N) is 1. The average Bonchev–Trinajstić information content (AvgIpc) is 2.12. The standard InChI is InChI=1S/C11H15NO5S/c1-7-5-9(17-4-3-10(13)14)6-8(2)11(7)18(12,15)16/h5-6H,3-4H2,1-2H3,(H,13,14)(H2,12,15,16). The van der Waals surface area contributed by atoms with E-state index in [1.165, 1.54) is 12.1 Å². The number of benzene rings is 1. The molecule has 7 heteroatoms. The Kier molecular flexibility index (Phi) is 4.31. The van der Waals surface area contributed by atoms with Crippen molar-refractivity contribution in [3.63, 3.8) is 0 Å². The first kappa shape index (κ1) is 14.5. The largest absolute Gasteiger partial charge is 0.493 e. The Labute approximate surface area is 105 Å². The van der Waals surface area contributed by atoms with Gasteiger partial charge in [-0.3, -0.25) is 4.79 Å². The zero-order valence-corrected chi connectivity index (χ0v) is 11.0. The summed E-state index contributed by atoms with van der Waals surface area (Å²) in [5.74, 6) is -0.525. The van der Waals surface area contributed by atoms with E-state index >= 15 is 0 Å². The molecule has 0 spiro atoms. The van der Waals surface area contributed by atoms with Gasteiger partial charge >= 0.3 is 5.97 Å². The van der Waals surface area contributed by atoms with Crippen LogP contribution in [0, 0.1) is 13.8 Å². The van der Waals surface area contributed by atoms with Gasteiger partial charge in [0.1, 0.15) is 5.75 Å². The molecule has 6 nitrogen and oxygen atoms in total. The second-order valence-electron chi connectivity index (χ2n) is 3.92. The van der Waals surface area contributed by atoms with Crippen LogP contribution in [0.4, 0.5) is 0 Å². The van der Waals surface area contributed by atoms with E-state index in [2.05, 4.69) is 0 Å². The summed E-state index contributed by atoms with van der Waals surface area (Å²) in [5, 5.41) is 13.6. The second-order valence-corrected chi connectivity index (χ2v) is 5.42. The molecule has 0 bridgehead atoms. The van der Waals surface area contributed by atoms with Gasteiger partial charge in [-0.15, -0.1) is 0 Å². The summed E-state index contributed by atoms with van der Waals surface area (Å²) in [6, 6.07) is 3.04. The van der Waals surface area contributed by atoms with Crippen LogP contribution in [0.1, 0.15) is 17.5 Å². The molecule has 100 valence electrons. The molecule has 0 atom stereocenters. The summed E-state index contributed by atoms with van der Waals surface area (Å²) in [6.45, 7) is 3.25. The highest BCUT2D eigenvalue weighted by Crippen LogP contribution is 2.24. The summed E-state index contributed by atoms with van der Waals surface area (Å²) in [6.07, 6.45) is -0.116. The summed E-state index contributed by atoms with van der Waals surface area (Å²) < 4.78 is 27.9. The molecule has 0 aromatic heterocycles. The first-order chi connectivity index (χ1) is 8.21. The van der Waals surface area contributed by atoms with Gasteiger partial charge in [0.05, 0.1) is 17.9 Å². The van der Waals surface area contributed by atoms with Crippen molar-refractivity contribution in [2.75, 3.05) is 6.61 Å². The van der Waals surface area contributed by atoms with Gasteiger partial charge in [-0.2, -0.15) is 0 Å². The predicted octanol–water partition coefficient (Wildman–Crippen LogP) is 0.804. The highest BCUT2D eigenvalue weighted by Gasteiger charge is 2.16. The number of aliphatic carboxylic acids is 1. The SMILES string of the molecule is Cc1cc(OCCC(=O)O)cc(C)c1S(N)(=O)=O. The minimum atomic E-state index is -3.76. The van der Waals surface area contributed by atoms with E-state index in [0.717, 1.165) is 0 Å². The molecular formula is C11H15NO5S. The monoisotopic (exact) mass is 273 g/mol. The molecule has 0 radical (unpaired) electrons. The number of sulfonamides is 1. The highest BCUT2D eigenvalue weighted by molar-refractivity contribution is 7.89. The Morgan fingerprint density at radius 1 is 1.33 bits per heavy atom. The molecule has 0 aliphatic rings. The molecule has 0 amide bonds. The minimum absolute atomic E-state index is 0.0307. The maximum absolute atomic E-state index is 11.3. The van der Waals surface area contributed by atoms with Gasteiger partial charge < -0.3 is 9.84 Å². The molecule has 1 aromatic carbocycles. The number of carbonyl (C=O) groups is 1. The Morgan fingerprint density at radius 3 is 2.22 bits per heavy atom. The van der Waals surface area contributed by atoms with E-state index in [0.29, 0.717) is 16.9 Å². The van der Waals surface area contributed by atoms with Crippen LogP contribution in [0.25, 0.3) is 0 Å². The lowest BCUT2D eigenvalue weighted by Gasteiger charge is -2.11. The zero-order valence-electron chi connectivity index (χ0n) is 10.1. The van der Waals surface area contributed by atoms with E-state index in [4.69, 9.17) is 15.0 Å². The number of rotatable bonds is 5. The van der Waals surface area contributed by atoms with E-state index in [1.807, 2.05) is 0 Å². The number of ether oxygens (including phenoxy) is 1. The molecule has 0 saturated carbocycles. The van der Waals surface area contributed by atoms with E-state index in [1.54, 1.807) is 13.8 Å². The van der Waals surface area contributed by atoms with Crippen LogP contribution in [-0.4, -0.2) is 26.1 Å². The van der Waals surface area contributed by atoms with Crippen molar-refractivity contribution in [1.82, 2.24) is 0 Å². The van der Waals surface area contributed by atoms with Crippen molar-refractivity contribution >= 4 is 16.0 Å². The van der Waals surface area contributed by atoms with Crippen molar-refractivity contribution < 1.29 is 23.1 Å². The molecule has 1 rings (SSSR count). The summed E-state index contributed by atoms with van der Waals surface area (Å²) in [4.78, 5) is 10.4. The lowest BCUT2D eigenvalue weighted by Crippen LogP contribution is -2.15. The Bertz CT molecular complexity index is 542. The van der Waals surface area contributed by atoms with Crippen LogP contribution in [0.15, 0.2) is 17.0 Å². The molecule has 0 unspecified atom stereocenters. The van der Waals surface area contributed by atoms with Gasteiger partial charge in [-0.1, -0.05) is 0 Å². The second kappa shape index (κ2) is 5.36. The summed E-state index contributed by atoms with van der Waals surface area (Å²) >= 11 is 0. The lowest BCUT2D eigenvalue weighted by atomic mass is 10.1. The zero-order chi connectivity index (χ0) is 13.9. The molecule has 0 saturated heterocycles. The minimum Gasteiger partial charge on any atom is -0.493 e. The number of primary sulfonamides is 1. The lowest BCUT2D eigenvalue weighted by molar-refractivity contribution is -0.137. The summed E-state index contributed by atoms with van der Waals surface area (Å²) in [5.41, 5.74) is 0.950. The van der Waals surface area contributed by atoms with Crippen LogP contribution >= 0.6 is 0 Å². The molecule has 0 heterocycles. The molecule has 0 aliphatic heterocycles. The van der Waals surface area contributed by atoms with Crippen LogP contribution in [-0.2, 0) is 14.8 Å². The van der Waals surface area contributed by atoms with Crippen molar-refractivity contribution in [3.8, 4) is 5.75 Å². The predicted molar refractivity (Wildman–Crippen MR) is 65.0 cm³/mol. The summed E-state index contributed by atoms with van der Waals surface area (Å²) in [7, 11) is -3.76. The number of carboxylic acid groups (broad SMARTS) is 1. The Balaban J connectivity index is 2.97. The van der Waals surface area contributed by atoms with E-state index < -0.39 is 16.0 Å². The molecule has 1 aromatic rings. The van der Waals surface area contributed by atoms with Crippen molar-refractivity contribution in [2.24, 2.45) is 5.14 Å². The molecule has 18 heavy (non-hydrogen) atoms. The quantitative estimate of drug-likeness (QED) is 0.825. The van der Waals surface area contributed by atoms with Crippen LogP contribution in [0.5, 0.6) is 5.75 Å². The van der Waals surface area contributed by atoms with Crippen molar-refractivity contribution in [3.05, 3.63) is 23.3 Å². The maximum atomic E-state index is 11.3. The molecule has 0 aliphatic carbocycles. The van der Waals surface area contributed by atoms with Gasteiger partial charge in [-0.05, 0) is 37.1 Å². The molecule has 3 N–H and O–H groups in total. The third-order valence-electron chi connectivity index (χ3n) is 2.30. The Hall–Kier alpha value is -1.60. The fourth-order valence-corrected chi connectivity index (χ4v) is 2.71. The highest BCUT2D eigenvalue weighted by atomic mass is 32.2. The van der Waals surface area contributed by atoms with Crippen LogP contribution in [0.2, 0.25) is 0 Å². The van der Waals surface area contributed by atoms with Crippen LogP contribution < -0.4 is 9.88 Å². The number of hydrogen-bond acceptors (Lipinski definition) is 4. The fraction of sp³-hybridized carbons (Fsp3) is 0.364. The van der Waals surface area contributed by atoms with Gasteiger partial charge in [0.2, 0.25) is 10.0 Å². The third-order valence-corrected chi connectivity index (χ3v) is 3.52. The molecule has 0 fully saturated rings. The van der Waals surface area contributed by atoms with Gasteiger partial charge in [0, 0.05) is 0 Å². The average molecular weight is 273 g/mol. The normalized spacial score (nSPS) is 11.3. The van der Waals surface area contributed by atoms with Crippen molar-refractivity contribution in [2.45, 2.75) is 25.2 Å². The first-order valence-corrected chi connectivity index (χ1v) is 6.75. The smallest absolute Gasteiger partial charge is 0.306 e. The topological polar surface area (TPSA) is 107 Å². The number of aryl methyl sites for hydroxylation is 2. The first-order valence-electron chi connectivity index (χ1n) is 5.20. The number of carboxylic acids is 1. The van der Waals surface area contributed by atoms with Gasteiger partial charge in [0.15, 0.2) is 0 Å². The van der Waals surface area contributed by atoms with Gasteiger partial charge in [0.25, 0.3) is 0 Å². The third kappa shape index (κ3) is 3.71. The fourth-order valence-electron chi connectivity index (χ4n) is 1.70. The maximum Gasteiger partial charge on any atom is 0.306 e. The van der Waals surface area contributed by atoms with Crippen LogP contribution in [0.3, 0.4) is 0 Å². The number of hydrogen-bond donors (Lipinski definition) is 2. The molecular weight excluding hydrogens is 258 g/mol. The van der Waals surface area contributed by atoms with Gasteiger partial charge in [-0.25, -0.2) is 13.6 Å². The van der Waals surface area contributed by atoms with E-state index in [9.17, 15) is 13.2 Å². The Morgan fingerprint density at radius 2 is 1.83 bits per heavy atom. The van der Waals surface area contributed by atoms with E-state index in [-0.39, 0.29) is 17.9 Å². The van der Waals surface area contributed by atoms with Crippen molar-refractivity contribution in [1.29, 1.82) is 0 Å².